The third-order valence-electron chi connectivity index (χ3n) is 3.33. The number of halogens is 4. The molecule has 1 aromatic carbocycles. The molecule has 0 amide bonds. The van der Waals surface area contributed by atoms with Crippen LogP contribution in [0.1, 0.15) is 32.3 Å². The summed E-state index contributed by atoms with van der Waals surface area (Å²) in [6.45, 7) is 5.28. The predicted octanol–water partition coefficient (Wildman–Crippen LogP) is 5.11. The van der Waals surface area contributed by atoms with Gasteiger partial charge in [-0.15, -0.1) is 0 Å². The molecular weight excluding hydrogens is 380 g/mol. The number of rotatable bonds is 7. The molecule has 5 heteroatoms. The summed E-state index contributed by atoms with van der Waals surface area (Å²) in [5, 5.41) is 0.792. The Balaban J connectivity index is 2.99. The van der Waals surface area contributed by atoms with Crippen LogP contribution in [-0.2, 0) is 6.54 Å². The van der Waals surface area contributed by atoms with Crippen molar-refractivity contribution in [3.63, 3.8) is 0 Å². The van der Waals surface area contributed by atoms with Gasteiger partial charge < -0.3 is 0 Å². The van der Waals surface area contributed by atoms with Crippen molar-refractivity contribution < 1.29 is 8.78 Å². The van der Waals surface area contributed by atoms with Crippen LogP contribution in [0.3, 0.4) is 0 Å². The van der Waals surface area contributed by atoms with Crippen LogP contribution in [0.25, 0.3) is 0 Å². The summed E-state index contributed by atoms with van der Waals surface area (Å²) in [6, 6.07) is 3.05. The van der Waals surface area contributed by atoms with Crippen LogP contribution in [-0.4, -0.2) is 22.8 Å². The van der Waals surface area contributed by atoms with Gasteiger partial charge in [-0.3, -0.25) is 4.90 Å². The molecule has 0 aliphatic carbocycles. The molecule has 1 nitrogen and oxygen atoms in total. The Bertz CT molecular complexity index is 409. The fraction of sp³-hybridized carbons (Fsp3) is 0.571. The second-order valence-electron chi connectivity index (χ2n) is 4.45. The molecule has 0 aliphatic rings. The minimum Gasteiger partial charge on any atom is -0.295 e. The van der Waals surface area contributed by atoms with E-state index in [1.54, 1.807) is 0 Å². The van der Waals surface area contributed by atoms with Gasteiger partial charge in [-0.05, 0) is 40.9 Å². The van der Waals surface area contributed by atoms with Gasteiger partial charge in [-0.25, -0.2) is 8.78 Å². The first kappa shape index (κ1) is 17.1. The van der Waals surface area contributed by atoms with Gasteiger partial charge in [0.05, 0.1) is 4.47 Å². The van der Waals surface area contributed by atoms with Crippen molar-refractivity contribution in [2.45, 2.75) is 39.3 Å². The van der Waals surface area contributed by atoms with Gasteiger partial charge in [0.1, 0.15) is 11.6 Å². The molecule has 0 aromatic heterocycles. The van der Waals surface area contributed by atoms with Crippen LogP contribution < -0.4 is 0 Å². The molecule has 0 radical (unpaired) electrons. The van der Waals surface area contributed by atoms with Gasteiger partial charge in [-0.1, -0.05) is 29.8 Å². The van der Waals surface area contributed by atoms with E-state index in [9.17, 15) is 8.78 Å². The zero-order chi connectivity index (χ0) is 14.4. The summed E-state index contributed by atoms with van der Waals surface area (Å²) >= 11 is 6.51. The molecule has 0 saturated carbocycles. The van der Waals surface area contributed by atoms with Crippen molar-refractivity contribution >= 4 is 31.9 Å². The summed E-state index contributed by atoms with van der Waals surface area (Å²) in [7, 11) is 0. The number of alkyl halides is 1. The first-order chi connectivity index (χ1) is 9.04. The maximum absolute atomic E-state index is 14.0. The highest BCUT2D eigenvalue weighted by atomic mass is 79.9. The average molecular weight is 399 g/mol. The Morgan fingerprint density at radius 3 is 2.37 bits per heavy atom. The van der Waals surface area contributed by atoms with Crippen molar-refractivity contribution in [3.8, 4) is 0 Å². The van der Waals surface area contributed by atoms with E-state index in [1.807, 2.05) is 0 Å². The average Bonchev–Trinajstić information content (AvgIpc) is 2.40. The van der Waals surface area contributed by atoms with Gasteiger partial charge in [0.25, 0.3) is 0 Å². The van der Waals surface area contributed by atoms with Crippen LogP contribution >= 0.6 is 31.9 Å². The van der Waals surface area contributed by atoms with Gasteiger partial charge in [0.15, 0.2) is 0 Å². The smallest absolute Gasteiger partial charge is 0.144 e. The number of nitrogens with zero attached hydrogens (tertiary/aromatic N) is 1. The van der Waals surface area contributed by atoms with E-state index in [-0.39, 0.29) is 5.56 Å². The highest BCUT2D eigenvalue weighted by Crippen LogP contribution is 2.24. The fourth-order valence-corrected chi connectivity index (χ4v) is 3.05. The van der Waals surface area contributed by atoms with E-state index >= 15 is 0 Å². The normalized spacial score (nSPS) is 11.6. The maximum atomic E-state index is 14.0. The van der Waals surface area contributed by atoms with Crippen LogP contribution in [0, 0.1) is 11.6 Å². The Morgan fingerprint density at radius 2 is 1.84 bits per heavy atom. The van der Waals surface area contributed by atoms with E-state index in [0.717, 1.165) is 24.7 Å². The molecule has 1 rings (SSSR count). The summed E-state index contributed by atoms with van der Waals surface area (Å²) in [5.74, 6) is -0.975. The predicted molar refractivity (Wildman–Crippen MR) is 82.6 cm³/mol. The Kier molecular flexibility index (Phi) is 7.47. The van der Waals surface area contributed by atoms with Gasteiger partial charge in [0, 0.05) is 30.0 Å². The maximum Gasteiger partial charge on any atom is 0.144 e. The molecule has 19 heavy (non-hydrogen) atoms. The van der Waals surface area contributed by atoms with Gasteiger partial charge in [-0.2, -0.15) is 0 Å². The Hall–Kier alpha value is -0.0000000000000000555. The van der Waals surface area contributed by atoms with Crippen molar-refractivity contribution in [2.24, 2.45) is 0 Å². The molecule has 0 saturated heterocycles. The fourth-order valence-electron chi connectivity index (χ4n) is 2.22. The van der Waals surface area contributed by atoms with Crippen molar-refractivity contribution in [2.75, 3.05) is 11.9 Å². The van der Waals surface area contributed by atoms with Crippen LogP contribution in [0.2, 0.25) is 0 Å². The van der Waals surface area contributed by atoms with E-state index in [0.29, 0.717) is 17.1 Å². The summed E-state index contributed by atoms with van der Waals surface area (Å²) in [5.41, 5.74) is 0.141. The summed E-state index contributed by atoms with van der Waals surface area (Å²) in [4.78, 5) is 2.13. The van der Waals surface area contributed by atoms with E-state index < -0.39 is 11.6 Å². The molecule has 0 N–H and O–H groups in total. The lowest BCUT2D eigenvalue weighted by atomic mass is 10.1. The van der Waals surface area contributed by atoms with Crippen LogP contribution in [0.5, 0.6) is 0 Å². The lowest BCUT2D eigenvalue weighted by Gasteiger charge is -2.30. The van der Waals surface area contributed by atoms with Gasteiger partial charge >= 0.3 is 0 Å². The quantitative estimate of drug-likeness (QED) is 0.455. The molecule has 0 heterocycles. The third kappa shape index (κ3) is 4.50. The minimum absolute atomic E-state index is 0.141. The number of hydrogen-bond acceptors (Lipinski definition) is 1. The molecule has 108 valence electrons. The van der Waals surface area contributed by atoms with E-state index in [1.165, 1.54) is 12.1 Å². The molecule has 0 unspecified atom stereocenters. The monoisotopic (exact) mass is 397 g/mol. The second kappa shape index (κ2) is 8.32. The zero-order valence-electron chi connectivity index (χ0n) is 11.2. The Labute approximate surface area is 130 Å². The molecule has 0 spiro atoms. The molecule has 1 aromatic rings. The topological polar surface area (TPSA) is 3.24 Å². The van der Waals surface area contributed by atoms with Crippen LogP contribution in [0.4, 0.5) is 8.78 Å². The SMILES string of the molecule is CCC(CC)N(CCBr)Cc1c(F)ccc(Br)c1F. The lowest BCUT2D eigenvalue weighted by Crippen LogP contribution is -2.36. The molecule has 0 fully saturated rings. The van der Waals surface area contributed by atoms with E-state index in [4.69, 9.17) is 0 Å². The first-order valence-corrected chi connectivity index (χ1v) is 8.38. The molecule has 0 aliphatic heterocycles. The molecular formula is C14H19Br2F2N. The Morgan fingerprint density at radius 1 is 1.21 bits per heavy atom. The third-order valence-corrected chi connectivity index (χ3v) is 4.30. The number of benzene rings is 1. The summed E-state index contributed by atoms with van der Waals surface area (Å²) < 4.78 is 28.1. The van der Waals surface area contributed by atoms with Crippen molar-refractivity contribution in [1.29, 1.82) is 0 Å². The zero-order valence-corrected chi connectivity index (χ0v) is 14.4. The minimum atomic E-state index is -0.495. The summed E-state index contributed by atoms with van der Waals surface area (Å²) in [6.07, 6.45) is 1.95. The van der Waals surface area contributed by atoms with Crippen LogP contribution in [0.15, 0.2) is 16.6 Å². The first-order valence-electron chi connectivity index (χ1n) is 6.47. The lowest BCUT2D eigenvalue weighted by molar-refractivity contribution is 0.184. The number of hydrogen-bond donors (Lipinski definition) is 0. The van der Waals surface area contributed by atoms with E-state index in [2.05, 4.69) is 50.6 Å². The standard InChI is InChI=1S/C14H19Br2F2N/c1-3-10(4-2)19(8-7-15)9-11-13(17)6-5-12(16)14(11)18/h5-6,10H,3-4,7-9H2,1-2H3. The van der Waals surface area contributed by atoms with Crippen molar-refractivity contribution in [3.05, 3.63) is 33.8 Å². The highest BCUT2D eigenvalue weighted by Gasteiger charge is 2.20. The van der Waals surface area contributed by atoms with Gasteiger partial charge in [0.2, 0.25) is 0 Å². The second-order valence-corrected chi connectivity index (χ2v) is 6.10. The van der Waals surface area contributed by atoms with Crippen molar-refractivity contribution in [1.82, 2.24) is 4.90 Å². The molecule has 0 bridgehead atoms. The largest absolute Gasteiger partial charge is 0.295 e. The molecule has 0 atom stereocenters. The highest BCUT2D eigenvalue weighted by molar-refractivity contribution is 9.10.